The largest absolute Gasteiger partial charge is 0.234 e. The van der Waals surface area contributed by atoms with Gasteiger partial charge in [-0.05, 0) is 4.82 Å². The molecule has 0 bridgehead atoms. The van der Waals surface area contributed by atoms with Gasteiger partial charge in [0.1, 0.15) is 5.94 Å². The summed E-state index contributed by atoms with van der Waals surface area (Å²) in [6.45, 7) is 13.5. The monoisotopic (exact) mass is 214 g/mol. The van der Waals surface area contributed by atoms with Crippen molar-refractivity contribution in [3.05, 3.63) is 4.82 Å². The molecule has 0 N–H and O–H groups in total. The molecule has 0 saturated heterocycles. The lowest BCUT2D eigenvalue weighted by molar-refractivity contribution is 0.568. The van der Waals surface area contributed by atoms with Crippen molar-refractivity contribution in [2.75, 3.05) is 0 Å². The van der Waals surface area contributed by atoms with Gasteiger partial charge in [-0.1, -0.05) is 52.1 Å². The third-order valence-electron chi connectivity index (χ3n) is 2.40. The quantitative estimate of drug-likeness (QED) is 0.518. The second-order valence-electron chi connectivity index (χ2n) is 5.36. The fraction of sp³-hybridized carbons (Fsp3) is 0.800. The molecule has 76 valence electrons. The fourth-order valence-corrected chi connectivity index (χ4v) is 12.6. The molecule has 0 radical (unpaired) electrons. The summed E-state index contributed by atoms with van der Waals surface area (Å²) in [5.74, 6) is 2.26. The Morgan fingerprint density at radius 2 is 1.62 bits per heavy atom. The van der Waals surface area contributed by atoms with Crippen LogP contribution in [0.4, 0.5) is 0 Å². The first-order chi connectivity index (χ1) is 5.75. The Kier molecular flexibility index (Phi) is 4.36. The second-order valence-corrected chi connectivity index (χ2v) is 15.6. The maximum atomic E-state index is 11.0. The summed E-state index contributed by atoms with van der Waals surface area (Å²) in [6.07, 6.45) is 1.19. The highest BCUT2D eigenvalue weighted by molar-refractivity contribution is 7.06. The molecule has 0 aliphatic carbocycles. The molecule has 0 aliphatic heterocycles. The Balaban J connectivity index is 4.91. The van der Waals surface area contributed by atoms with Gasteiger partial charge in [-0.25, -0.2) is 4.79 Å². The molecular weight excluding hydrogens is 192 g/mol. The van der Waals surface area contributed by atoms with Gasteiger partial charge in [0.05, 0.1) is 16.1 Å². The van der Waals surface area contributed by atoms with Gasteiger partial charge >= 0.3 is 0 Å². The zero-order valence-electron chi connectivity index (χ0n) is 9.82. The highest BCUT2D eigenvalue weighted by Crippen LogP contribution is 2.27. The van der Waals surface area contributed by atoms with Crippen molar-refractivity contribution in [3.8, 4) is 0 Å². The summed E-state index contributed by atoms with van der Waals surface area (Å²) in [6, 6.07) is 1.22. The van der Waals surface area contributed by atoms with Crippen LogP contribution in [-0.4, -0.2) is 22.1 Å². The van der Waals surface area contributed by atoms with Crippen LogP contribution >= 0.6 is 0 Å². The fourth-order valence-electron chi connectivity index (χ4n) is 2.06. The van der Waals surface area contributed by atoms with Crippen LogP contribution in [0.15, 0.2) is 4.82 Å². The molecule has 0 aromatic heterocycles. The SMILES string of the molecule is CCC[Si](C)(C)C(=C=O)[Si](C)(C)C. The standard InChI is InChI=1S/C10H22OSi2/c1-7-8-13(5,6)10(9-11)12(2,3)4/h7-8H2,1-6H3. The zero-order valence-corrected chi connectivity index (χ0v) is 11.8. The Morgan fingerprint density at radius 3 is 1.85 bits per heavy atom. The van der Waals surface area contributed by atoms with E-state index in [-0.39, 0.29) is 0 Å². The summed E-state index contributed by atoms with van der Waals surface area (Å²) in [7, 11) is -2.82. The minimum Gasteiger partial charge on any atom is -0.234 e. The minimum absolute atomic E-state index is 1.18. The van der Waals surface area contributed by atoms with Crippen molar-refractivity contribution in [1.29, 1.82) is 0 Å². The summed E-state index contributed by atoms with van der Waals surface area (Å²) < 4.78 is 0. The van der Waals surface area contributed by atoms with Crippen molar-refractivity contribution >= 4 is 22.1 Å². The average Bonchev–Trinajstić information content (AvgIpc) is 1.83. The molecule has 0 atom stereocenters. The van der Waals surface area contributed by atoms with Crippen LogP contribution < -0.4 is 0 Å². The number of carbonyl (C=O) groups excluding carboxylic acids is 1. The molecule has 0 aromatic carbocycles. The van der Waals surface area contributed by atoms with Gasteiger partial charge in [0.2, 0.25) is 0 Å². The van der Waals surface area contributed by atoms with Gasteiger partial charge in [-0.3, -0.25) is 0 Å². The summed E-state index contributed by atoms with van der Waals surface area (Å²) in [5, 5.41) is 0. The van der Waals surface area contributed by atoms with Crippen molar-refractivity contribution in [3.63, 3.8) is 0 Å². The molecule has 0 aromatic rings. The van der Waals surface area contributed by atoms with Crippen molar-refractivity contribution in [2.24, 2.45) is 0 Å². The van der Waals surface area contributed by atoms with E-state index in [0.717, 1.165) is 0 Å². The highest BCUT2D eigenvalue weighted by atomic mass is 28.4. The topological polar surface area (TPSA) is 17.1 Å². The van der Waals surface area contributed by atoms with E-state index in [1.165, 1.54) is 17.3 Å². The van der Waals surface area contributed by atoms with Gasteiger partial charge in [0, 0.05) is 0 Å². The molecule has 0 spiro atoms. The lowest BCUT2D eigenvalue weighted by Gasteiger charge is -2.30. The lowest BCUT2D eigenvalue weighted by atomic mass is 10.6. The van der Waals surface area contributed by atoms with E-state index in [2.05, 4.69) is 45.6 Å². The second kappa shape index (κ2) is 4.40. The summed E-state index contributed by atoms with van der Waals surface area (Å²) in [4.78, 5) is 12.2. The maximum Gasteiger partial charge on any atom is 0.114 e. The zero-order chi connectivity index (χ0) is 10.7. The Bertz CT molecular complexity index is 220. The van der Waals surface area contributed by atoms with E-state index in [0.29, 0.717) is 0 Å². The smallest absolute Gasteiger partial charge is 0.114 e. The molecular formula is C10H22OSi2. The molecule has 0 amide bonds. The molecule has 0 fully saturated rings. The van der Waals surface area contributed by atoms with Crippen molar-refractivity contribution in [2.45, 2.75) is 52.1 Å². The van der Waals surface area contributed by atoms with Crippen LogP contribution in [0.3, 0.4) is 0 Å². The molecule has 1 nitrogen and oxygen atoms in total. The van der Waals surface area contributed by atoms with Gasteiger partial charge in [0.25, 0.3) is 0 Å². The Labute approximate surface area is 84.3 Å². The predicted molar refractivity (Wildman–Crippen MR) is 65.1 cm³/mol. The molecule has 0 rings (SSSR count). The van der Waals surface area contributed by atoms with E-state index in [9.17, 15) is 4.79 Å². The van der Waals surface area contributed by atoms with E-state index < -0.39 is 16.1 Å². The third-order valence-corrected chi connectivity index (χ3v) is 11.5. The van der Waals surface area contributed by atoms with Crippen molar-refractivity contribution in [1.82, 2.24) is 0 Å². The molecule has 3 heteroatoms. The van der Waals surface area contributed by atoms with Crippen molar-refractivity contribution < 1.29 is 4.79 Å². The van der Waals surface area contributed by atoms with Crippen LogP contribution in [0.5, 0.6) is 0 Å². The van der Waals surface area contributed by atoms with Crippen LogP contribution in [0.25, 0.3) is 0 Å². The number of hydrogen-bond acceptors (Lipinski definition) is 1. The molecule has 0 unspecified atom stereocenters. The summed E-state index contributed by atoms with van der Waals surface area (Å²) in [5.41, 5.74) is 0. The first-order valence-corrected chi connectivity index (χ1v) is 11.7. The van der Waals surface area contributed by atoms with Crippen LogP contribution in [-0.2, 0) is 4.79 Å². The molecule has 13 heavy (non-hydrogen) atoms. The minimum atomic E-state index is -1.41. The Hall–Kier alpha value is -0.116. The molecule has 0 aliphatic rings. The van der Waals surface area contributed by atoms with Gasteiger partial charge in [-0.15, -0.1) is 0 Å². The van der Waals surface area contributed by atoms with Gasteiger partial charge in [-0.2, -0.15) is 0 Å². The summed E-state index contributed by atoms with van der Waals surface area (Å²) >= 11 is 0. The first-order valence-electron chi connectivity index (χ1n) is 5.01. The number of hydrogen-bond donors (Lipinski definition) is 0. The molecule has 0 saturated carbocycles. The normalized spacial score (nSPS) is 12.5. The Morgan fingerprint density at radius 1 is 1.15 bits per heavy atom. The van der Waals surface area contributed by atoms with Gasteiger partial charge in [0.15, 0.2) is 0 Å². The molecule has 0 heterocycles. The predicted octanol–water partition coefficient (Wildman–Crippen LogP) is 3.28. The average molecular weight is 214 g/mol. The van der Waals surface area contributed by atoms with Gasteiger partial charge < -0.3 is 0 Å². The van der Waals surface area contributed by atoms with E-state index >= 15 is 0 Å². The number of rotatable bonds is 4. The van der Waals surface area contributed by atoms with E-state index in [1.54, 1.807) is 0 Å². The highest BCUT2D eigenvalue weighted by Gasteiger charge is 2.35. The van der Waals surface area contributed by atoms with E-state index in [1.807, 2.05) is 0 Å². The first kappa shape index (κ1) is 12.9. The van der Waals surface area contributed by atoms with E-state index in [4.69, 9.17) is 0 Å². The van der Waals surface area contributed by atoms with Crippen LogP contribution in [0.1, 0.15) is 13.3 Å². The third kappa shape index (κ3) is 3.63. The van der Waals surface area contributed by atoms with Crippen LogP contribution in [0.2, 0.25) is 38.8 Å². The maximum absolute atomic E-state index is 11.0. The lowest BCUT2D eigenvalue weighted by Crippen LogP contribution is -2.42. The van der Waals surface area contributed by atoms with Crippen LogP contribution in [0, 0.1) is 0 Å².